The van der Waals surface area contributed by atoms with Gasteiger partial charge in [0.05, 0.1) is 17.6 Å². The maximum absolute atomic E-state index is 9.64. The number of rotatable bonds is 3. The normalized spacial score (nSPS) is 10.7. The third-order valence-electron chi connectivity index (χ3n) is 2.53. The smallest absolute Gasteiger partial charge is 0.124 e. The molecule has 4 heteroatoms. The molecule has 0 spiro atoms. The van der Waals surface area contributed by atoms with Crippen molar-refractivity contribution in [3.63, 3.8) is 0 Å². The highest BCUT2D eigenvalue weighted by Crippen LogP contribution is 2.18. The van der Waals surface area contributed by atoms with Crippen molar-refractivity contribution in [2.45, 2.75) is 6.92 Å². The molecule has 0 aliphatic heterocycles. The molecule has 4 nitrogen and oxygen atoms in total. The molecular weight excluding hydrogens is 226 g/mol. The van der Waals surface area contributed by atoms with E-state index in [0.29, 0.717) is 11.3 Å². The molecule has 0 aromatic heterocycles. The van der Waals surface area contributed by atoms with E-state index in [1.54, 1.807) is 18.3 Å². The van der Waals surface area contributed by atoms with E-state index in [2.05, 4.69) is 10.5 Å². The first-order valence-corrected chi connectivity index (χ1v) is 5.60. The molecule has 0 unspecified atom stereocenters. The molecule has 0 amide bonds. The van der Waals surface area contributed by atoms with Crippen molar-refractivity contribution in [1.82, 2.24) is 0 Å². The van der Waals surface area contributed by atoms with Crippen molar-refractivity contribution in [1.29, 1.82) is 0 Å². The van der Waals surface area contributed by atoms with Crippen LogP contribution in [0.2, 0.25) is 0 Å². The molecule has 0 saturated heterocycles. The van der Waals surface area contributed by atoms with E-state index in [9.17, 15) is 5.11 Å². The summed E-state index contributed by atoms with van der Waals surface area (Å²) in [4.78, 5) is 0. The second-order valence-electron chi connectivity index (χ2n) is 4.02. The number of aryl methyl sites for hydroxylation is 1. The SMILES string of the molecule is Cc1ccc(O)c(C=NNc2ccccc2N)c1. The molecule has 0 aliphatic rings. The highest BCUT2D eigenvalue weighted by Gasteiger charge is 1.98. The molecule has 2 aromatic carbocycles. The van der Waals surface area contributed by atoms with Crippen LogP contribution in [0.4, 0.5) is 11.4 Å². The molecule has 0 atom stereocenters. The van der Waals surface area contributed by atoms with Gasteiger partial charge in [0, 0.05) is 5.56 Å². The number of para-hydroxylation sites is 2. The lowest BCUT2D eigenvalue weighted by molar-refractivity contribution is 0.474. The lowest BCUT2D eigenvalue weighted by atomic mass is 10.1. The highest BCUT2D eigenvalue weighted by molar-refractivity contribution is 5.84. The molecule has 0 aliphatic carbocycles. The van der Waals surface area contributed by atoms with Crippen LogP contribution in [0.5, 0.6) is 5.75 Å². The summed E-state index contributed by atoms with van der Waals surface area (Å²) in [5, 5.41) is 13.7. The number of anilines is 2. The molecule has 0 radical (unpaired) electrons. The summed E-state index contributed by atoms with van der Waals surface area (Å²) in [6, 6.07) is 12.7. The van der Waals surface area contributed by atoms with Gasteiger partial charge in [0.1, 0.15) is 5.75 Å². The molecule has 0 saturated carbocycles. The Morgan fingerprint density at radius 1 is 1.22 bits per heavy atom. The Kier molecular flexibility index (Phi) is 3.48. The van der Waals surface area contributed by atoms with Crippen LogP contribution >= 0.6 is 0 Å². The van der Waals surface area contributed by atoms with Gasteiger partial charge in [-0.05, 0) is 31.2 Å². The Balaban J connectivity index is 2.12. The van der Waals surface area contributed by atoms with Crippen LogP contribution < -0.4 is 11.2 Å². The summed E-state index contributed by atoms with van der Waals surface area (Å²) < 4.78 is 0. The van der Waals surface area contributed by atoms with Gasteiger partial charge < -0.3 is 10.8 Å². The van der Waals surface area contributed by atoms with E-state index in [0.717, 1.165) is 11.3 Å². The van der Waals surface area contributed by atoms with Crippen molar-refractivity contribution < 1.29 is 5.11 Å². The van der Waals surface area contributed by atoms with Crippen molar-refractivity contribution in [3.8, 4) is 5.75 Å². The number of nitrogens with two attached hydrogens (primary N) is 1. The summed E-state index contributed by atoms with van der Waals surface area (Å²) in [5.41, 5.74) is 11.7. The molecule has 92 valence electrons. The third kappa shape index (κ3) is 2.79. The largest absolute Gasteiger partial charge is 0.507 e. The average molecular weight is 241 g/mol. The van der Waals surface area contributed by atoms with Gasteiger partial charge in [-0.3, -0.25) is 5.43 Å². The topological polar surface area (TPSA) is 70.6 Å². The van der Waals surface area contributed by atoms with Crippen LogP contribution in [-0.4, -0.2) is 11.3 Å². The van der Waals surface area contributed by atoms with Gasteiger partial charge in [0.2, 0.25) is 0 Å². The third-order valence-corrected chi connectivity index (χ3v) is 2.53. The van der Waals surface area contributed by atoms with Gasteiger partial charge in [-0.15, -0.1) is 0 Å². The molecule has 2 aromatic rings. The summed E-state index contributed by atoms with van der Waals surface area (Å²) in [7, 11) is 0. The monoisotopic (exact) mass is 241 g/mol. The predicted octanol–water partition coefficient (Wildman–Crippen LogP) is 2.73. The molecule has 0 fully saturated rings. The summed E-state index contributed by atoms with van der Waals surface area (Å²) in [6.07, 6.45) is 1.56. The van der Waals surface area contributed by atoms with Gasteiger partial charge in [-0.1, -0.05) is 23.8 Å². The first kappa shape index (κ1) is 12.0. The number of benzene rings is 2. The van der Waals surface area contributed by atoms with Crippen LogP contribution in [0.1, 0.15) is 11.1 Å². The zero-order chi connectivity index (χ0) is 13.0. The Hall–Kier alpha value is -2.49. The second-order valence-corrected chi connectivity index (χ2v) is 4.02. The fraction of sp³-hybridized carbons (Fsp3) is 0.0714. The van der Waals surface area contributed by atoms with Crippen molar-refractivity contribution in [2.24, 2.45) is 5.10 Å². The molecular formula is C14H15N3O. The van der Waals surface area contributed by atoms with Crippen LogP contribution in [-0.2, 0) is 0 Å². The Morgan fingerprint density at radius 2 is 2.00 bits per heavy atom. The minimum absolute atomic E-state index is 0.201. The van der Waals surface area contributed by atoms with E-state index in [1.807, 2.05) is 37.3 Å². The average Bonchev–Trinajstić information content (AvgIpc) is 2.36. The number of nitrogens with one attached hydrogen (secondary N) is 1. The molecule has 4 N–H and O–H groups in total. The summed E-state index contributed by atoms with van der Waals surface area (Å²) in [5.74, 6) is 0.201. The van der Waals surface area contributed by atoms with Gasteiger partial charge in [-0.2, -0.15) is 5.10 Å². The van der Waals surface area contributed by atoms with Crippen molar-refractivity contribution in [3.05, 3.63) is 53.6 Å². The minimum Gasteiger partial charge on any atom is -0.507 e. The standard InChI is InChI=1S/C14H15N3O/c1-10-6-7-14(18)11(8-10)9-16-17-13-5-3-2-4-12(13)15/h2-9,17-18H,15H2,1H3. The fourth-order valence-electron chi connectivity index (χ4n) is 1.55. The quantitative estimate of drug-likeness (QED) is 0.439. The lowest BCUT2D eigenvalue weighted by Crippen LogP contribution is -1.95. The summed E-state index contributed by atoms with van der Waals surface area (Å²) in [6.45, 7) is 1.96. The second kappa shape index (κ2) is 5.23. The van der Waals surface area contributed by atoms with E-state index in [-0.39, 0.29) is 5.75 Å². The number of hydrogen-bond acceptors (Lipinski definition) is 4. The fourth-order valence-corrected chi connectivity index (χ4v) is 1.55. The number of nitrogen functional groups attached to an aromatic ring is 1. The highest BCUT2D eigenvalue weighted by atomic mass is 16.3. The number of phenolic OH excluding ortho intramolecular Hbond substituents is 1. The van der Waals surface area contributed by atoms with Gasteiger partial charge in [0.15, 0.2) is 0 Å². The van der Waals surface area contributed by atoms with E-state index < -0.39 is 0 Å². The molecule has 18 heavy (non-hydrogen) atoms. The number of hydrazone groups is 1. The van der Waals surface area contributed by atoms with Crippen molar-refractivity contribution >= 4 is 17.6 Å². The number of hydrogen-bond donors (Lipinski definition) is 3. The Labute approximate surface area is 106 Å². The minimum atomic E-state index is 0.201. The van der Waals surface area contributed by atoms with Crippen LogP contribution in [0.15, 0.2) is 47.6 Å². The first-order valence-electron chi connectivity index (χ1n) is 5.60. The van der Waals surface area contributed by atoms with E-state index >= 15 is 0 Å². The Morgan fingerprint density at radius 3 is 2.78 bits per heavy atom. The van der Waals surface area contributed by atoms with Crippen LogP contribution in [0.25, 0.3) is 0 Å². The van der Waals surface area contributed by atoms with Crippen molar-refractivity contribution in [2.75, 3.05) is 11.2 Å². The van der Waals surface area contributed by atoms with Gasteiger partial charge in [-0.25, -0.2) is 0 Å². The number of aromatic hydroxyl groups is 1. The van der Waals surface area contributed by atoms with E-state index in [1.165, 1.54) is 0 Å². The van der Waals surface area contributed by atoms with Gasteiger partial charge >= 0.3 is 0 Å². The number of nitrogens with zero attached hydrogens (tertiary/aromatic N) is 1. The van der Waals surface area contributed by atoms with Gasteiger partial charge in [0.25, 0.3) is 0 Å². The zero-order valence-electron chi connectivity index (χ0n) is 10.1. The van der Waals surface area contributed by atoms with Crippen LogP contribution in [0.3, 0.4) is 0 Å². The maximum Gasteiger partial charge on any atom is 0.124 e. The molecule has 0 bridgehead atoms. The van der Waals surface area contributed by atoms with E-state index in [4.69, 9.17) is 5.73 Å². The maximum atomic E-state index is 9.64. The first-order chi connectivity index (χ1) is 8.66. The van der Waals surface area contributed by atoms with Crippen LogP contribution in [0, 0.1) is 6.92 Å². The lowest BCUT2D eigenvalue weighted by Gasteiger charge is -2.04. The number of phenols is 1. The molecule has 0 heterocycles. The zero-order valence-corrected chi connectivity index (χ0v) is 10.1. The predicted molar refractivity (Wildman–Crippen MR) is 74.9 cm³/mol. The molecule has 2 rings (SSSR count). The Bertz CT molecular complexity index is 579. The summed E-state index contributed by atoms with van der Waals surface area (Å²) >= 11 is 0.